The molecule has 0 fully saturated rings. The van der Waals surface area contributed by atoms with Crippen molar-refractivity contribution in [3.8, 4) is 0 Å². The molecule has 0 saturated heterocycles. The summed E-state index contributed by atoms with van der Waals surface area (Å²) in [5.74, 6) is -0.323. The molecule has 0 aliphatic carbocycles. The third-order valence-electron chi connectivity index (χ3n) is 2.77. The number of nitrogens with zero attached hydrogens (tertiary/aromatic N) is 3. The molecular weight excluding hydrogens is 260 g/mol. The quantitative estimate of drug-likeness (QED) is 0.795. The average molecular weight is 274 g/mol. The molecule has 0 aliphatic rings. The molecule has 0 bridgehead atoms. The molecule has 0 aromatic carbocycles. The SMILES string of the molecule is Cn1c(=O)ccn(CC(=O)NCc2ccccn2)c1=O. The van der Waals surface area contributed by atoms with Crippen molar-refractivity contribution in [3.05, 3.63) is 63.2 Å². The fourth-order valence-corrected chi connectivity index (χ4v) is 1.64. The Labute approximate surface area is 114 Å². The number of aromatic nitrogens is 3. The topological polar surface area (TPSA) is 86.0 Å². The minimum Gasteiger partial charge on any atom is -0.349 e. The lowest BCUT2D eigenvalue weighted by Crippen LogP contribution is -2.40. The van der Waals surface area contributed by atoms with Gasteiger partial charge in [-0.05, 0) is 12.1 Å². The number of pyridine rings is 1. The molecule has 7 nitrogen and oxygen atoms in total. The molecule has 2 aromatic rings. The summed E-state index contributed by atoms with van der Waals surface area (Å²) in [5, 5.41) is 2.66. The van der Waals surface area contributed by atoms with Crippen molar-refractivity contribution in [2.75, 3.05) is 0 Å². The van der Waals surface area contributed by atoms with Crippen LogP contribution in [0.15, 0.2) is 46.2 Å². The van der Waals surface area contributed by atoms with Crippen molar-refractivity contribution in [1.29, 1.82) is 0 Å². The molecule has 0 aliphatic heterocycles. The van der Waals surface area contributed by atoms with Gasteiger partial charge in [-0.25, -0.2) is 4.79 Å². The largest absolute Gasteiger partial charge is 0.349 e. The van der Waals surface area contributed by atoms with Gasteiger partial charge in [0.25, 0.3) is 5.56 Å². The Bertz CT molecular complexity index is 718. The van der Waals surface area contributed by atoms with E-state index < -0.39 is 11.2 Å². The van der Waals surface area contributed by atoms with Crippen LogP contribution in [0.2, 0.25) is 0 Å². The van der Waals surface area contributed by atoms with E-state index in [1.54, 1.807) is 18.3 Å². The van der Waals surface area contributed by atoms with Crippen LogP contribution < -0.4 is 16.6 Å². The number of carbonyl (C=O) groups is 1. The Morgan fingerprint density at radius 1 is 1.30 bits per heavy atom. The van der Waals surface area contributed by atoms with Gasteiger partial charge in [0.2, 0.25) is 5.91 Å². The van der Waals surface area contributed by atoms with E-state index in [4.69, 9.17) is 0 Å². The molecule has 2 heterocycles. The molecule has 1 N–H and O–H groups in total. The lowest BCUT2D eigenvalue weighted by molar-refractivity contribution is -0.121. The van der Waals surface area contributed by atoms with Crippen molar-refractivity contribution >= 4 is 5.91 Å². The second-order valence-corrected chi connectivity index (χ2v) is 4.22. The summed E-state index contributed by atoms with van der Waals surface area (Å²) in [7, 11) is 1.37. The molecule has 0 radical (unpaired) electrons. The normalized spacial score (nSPS) is 10.2. The zero-order chi connectivity index (χ0) is 14.5. The van der Waals surface area contributed by atoms with Gasteiger partial charge in [0.05, 0.1) is 12.2 Å². The predicted molar refractivity (Wildman–Crippen MR) is 72.0 cm³/mol. The molecule has 2 aromatic heterocycles. The van der Waals surface area contributed by atoms with Crippen LogP contribution in [0.4, 0.5) is 0 Å². The van der Waals surface area contributed by atoms with E-state index in [1.165, 1.54) is 23.9 Å². The summed E-state index contributed by atoms with van der Waals surface area (Å²) >= 11 is 0. The van der Waals surface area contributed by atoms with Crippen molar-refractivity contribution in [1.82, 2.24) is 19.4 Å². The monoisotopic (exact) mass is 274 g/mol. The summed E-state index contributed by atoms with van der Waals surface area (Å²) in [6, 6.07) is 6.65. The van der Waals surface area contributed by atoms with Gasteiger partial charge in [-0.1, -0.05) is 6.07 Å². The third-order valence-corrected chi connectivity index (χ3v) is 2.77. The van der Waals surface area contributed by atoms with Crippen LogP contribution in [0.1, 0.15) is 5.69 Å². The molecule has 2 rings (SSSR count). The van der Waals surface area contributed by atoms with Crippen LogP contribution in [0, 0.1) is 0 Å². The molecule has 0 unspecified atom stereocenters. The Kier molecular flexibility index (Phi) is 4.09. The first-order chi connectivity index (χ1) is 9.58. The fraction of sp³-hybridized carbons (Fsp3) is 0.231. The molecule has 7 heteroatoms. The van der Waals surface area contributed by atoms with E-state index in [1.807, 2.05) is 6.07 Å². The maximum atomic E-state index is 11.7. The van der Waals surface area contributed by atoms with Crippen LogP contribution in [0.3, 0.4) is 0 Å². The standard InChI is InChI=1S/C13H14N4O3/c1-16-12(19)5-7-17(13(16)20)9-11(18)15-8-10-4-2-3-6-14-10/h2-7H,8-9H2,1H3,(H,15,18). The molecule has 104 valence electrons. The lowest BCUT2D eigenvalue weighted by Gasteiger charge is -2.07. The van der Waals surface area contributed by atoms with Crippen LogP contribution >= 0.6 is 0 Å². The van der Waals surface area contributed by atoms with Crippen molar-refractivity contribution in [2.45, 2.75) is 13.1 Å². The summed E-state index contributed by atoms with van der Waals surface area (Å²) in [6.45, 7) is 0.153. The first kappa shape index (κ1) is 13.7. The molecule has 20 heavy (non-hydrogen) atoms. The first-order valence-corrected chi connectivity index (χ1v) is 6.01. The number of amides is 1. The van der Waals surface area contributed by atoms with Gasteiger partial charge in [0.15, 0.2) is 0 Å². The Hall–Kier alpha value is -2.70. The van der Waals surface area contributed by atoms with E-state index in [-0.39, 0.29) is 12.5 Å². The van der Waals surface area contributed by atoms with E-state index in [2.05, 4.69) is 10.3 Å². The highest BCUT2D eigenvalue weighted by Gasteiger charge is 2.06. The van der Waals surface area contributed by atoms with E-state index in [0.29, 0.717) is 6.54 Å². The number of rotatable bonds is 4. The summed E-state index contributed by atoms with van der Waals surface area (Å²) in [4.78, 5) is 38.8. The minimum atomic E-state index is -0.523. The highest BCUT2D eigenvalue weighted by Crippen LogP contribution is 1.92. The molecule has 1 amide bonds. The lowest BCUT2D eigenvalue weighted by atomic mass is 10.3. The van der Waals surface area contributed by atoms with Gasteiger partial charge < -0.3 is 5.32 Å². The highest BCUT2D eigenvalue weighted by atomic mass is 16.2. The van der Waals surface area contributed by atoms with E-state index >= 15 is 0 Å². The zero-order valence-electron chi connectivity index (χ0n) is 10.9. The van der Waals surface area contributed by atoms with E-state index in [0.717, 1.165) is 10.3 Å². The van der Waals surface area contributed by atoms with Gasteiger partial charge >= 0.3 is 5.69 Å². The second kappa shape index (κ2) is 5.96. The van der Waals surface area contributed by atoms with Gasteiger partial charge in [-0.3, -0.25) is 23.7 Å². The Balaban J connectivity index is 2.00. The van der Waals surface area contributed by atoms with Crippen molar-refractivity contribution in [2.24, 2.45) is 7.05 Å². The van der Waals surface area contributed by atoms with Gasteiger partial charge in [-0.2, -0.15) is 0 Å². The first-order valence-electron chi connectivity index (χ1n) is 6.01. The number of carbonyl (C=O) groups excluding carboxylic acids is 1. The number of nitrogens with one attached hydrogen (secondary N) is 1. The molecular formula is C13H14N4O3. The second-order valence-electron chi connectivity index (χ2n) is 4.22. The van der Waals surface area contributed by atoms with Crippen molar-refractivity contribution in [3.63, 3.8) is 0 Å². The predicted octanol–water partition coefficient (Wildman–Crippen LogP) is -0.742. The molecule has 0 atom stereocenters. The molecule has 0 saturated carbocycles. The van der Waals surface area contributed by atoms with Crippen molar-refractivity contribution < 1.29 is 4.79 Å². The summed E-state index contributed by atoms with van der Waals surface area (Å²) in [5.41, 5.74) is -0.195. The van der Waals surface area contributed by atoms with Crippen LogP contribution in [0.25, 0.3) is 0 Å². The Morgan fingerprint density at radius 2 is 2.10 bits per heavy atom. The zero-order valence-corrected chi connectivity index (χ0v) is 10.9. The van der Waals surface area contributed by atoms with Crippen LogP contribution in [0.5, 0.6) is 0 Å². The maximum Gasteiger partial charge on any atom is 0.331 e. The Morgan fingerprint density at radius 3 is 2.80 bits per heavy atom. The van der Waals surface area contributed by atoms with Crippen LogP contribution in [-0.2, 0) is 24.9 Å². The molecule has 0 spiro atoms. The van der Waals surface area contributed by atoms with Gasteiger partial charge in [0.1, 0.15) is 6.54 Å². The smallest absolute Gasteiger partial charge is 0.331 e. The minimum absolute atomic E-state index is 0.139. The van der Waals surface area contributed by atoms with Gasteiger partial charge in [0, 0.05) is 25.5 Å². The van der Waals surface area contributed by atoms with Gasteiger partial charge in [-0.15, -0.1) is 0 Å². The third kappa shape index (κ3) is 3.19. The highest BCUT2D eigenvalue weighted by molar-refractivity contribution is 5.75. The van der Waals surface area contributed by atoms with E-state index in [9.17, 15) is 14.4 Å². The van der Waals surface area contributed by atoms with Crippen LogP contribution in [-0.4, -0.2) is 20.0 Å². The average Bonchev–Trinajstić information content (AvgIpc) is 2.47. The fourth-order valence-electron chi connectivity index (χ4n) is 1.64. The summed E-state index contributed by atoms with van der Waals surface area (Å²) < 4.78 is 2.13. The number of hydrogen-bond donors (Lipinski definition) is 1. The maximum absolute atomic E-state index is 11.7. The summed E-state index contributed by atoms with van der Waals surface area (Å²) in [6.07, 6.45) is 2.95. The number of hydrogen-bond acceptors (Lipinski definition) is 4.